The van der Waals surface area contributed by atoms with Crippen LogP contribution in [-0.4, -0.2) is 35.8 Å². The summed E-state index contributed by atoms with van der Waals surface area (Å²) in [5.41, 5.74) is 4.57. The van der Waals surface area contributed by atoms with E-state index in [2.05, 4.69) is 20.4 Å². The van der Waals surface area contributed by atoms with Gasteiger partial charge >= 0.3 is 0 Å². The van der Waals surface area contributed by atoms with Crippen LogP contribution in [-0.2, 0) is 4.79 Å². The number of aryl methyl sites for hydroxylation is 2. The van der Waals surface area contributed by atoms with Crippen LogP contribution in [0.5, 0.6) is 5.75 Å². The number of rotatable bonds is 6. The van der Waals surface area contributed by atoms with Gasteiger partial charge in [-0.05, 0) is 69.0 Å². The molecule has 0 aliphatic carbocycles. The zero-order chi connectivity index (χ0) is 21.6. The van der Waals surface area contributed by atoms with E-state index in [9.17, 15) is 4.79 Å². The summed E-state index contributed by atoms with van der Waals surface area (Å²) < 4.78 is 5.67. The summed E-state index contributed by atoms with van der Waals surface area (Å²) >= 11 is 0. The molecule has 1 aromatic heterocycles. The van der Waals surface area contributed by atoms with Crippen molar-refractivity contribution in [2.24, 2.45) is 0 Å². The molecule has 31 heavy (non-hydrogen) atoms. The van der Waals surface area contributed by atoms with Crippen LogP contribution in [0.25, 0.3) is 11.3 Å². The van der Waals surface area contributed by atoms with E-state index in [-0.39, 0.29) is 12.5 Å². The second-order valence-corrected chi connectivity index (χ2v) is 8.01. The van der Waals surface area contributed by atoms with E-state index in [1.165, 1.54) is 19.3 Å². The quantitative estimate of drug-likeness (QED) is 0.627. The van der Waals surface area contributed by atoms with Gasteiger partial charge in [-0.25, -0.2) is 0 Å². The average Bonchev–Trinajstić information content (AvgIpc) is 2.79. The number of aromatic nitrogens is 2. The lowest BCUT2D eigenvalue weighted by molar-refractivity contribution is -0.118. The monoisotopic (exact) mass is 416 g/mol. The molecule has 4 rings (SSSR count). The second kappa shape index (κ2) is 9.60. The maximum Gasteiger partial charge on any atom is 0.262 e. The Bertz CT molecular complexity index is 1040. The summed E-state index contributed by atoms with van der Waals surface area (Å²) in [5, 5.41) is 11.7. The first kappa shape index (κ1) is 20.8. The molecule has 6 nitrogen and oxygen atoms in total. The van der Waals surface area contributed by atoms with E-state index in [0.29, 0.717) is 5.69 Å². The van der Waals surface area contributed by atoms with Crippen LogP contribution in [0.4, 0.5) is 11.5 Å². The van der Waals surface area contributed by atoms with Gasteiger partial charge in [0.15, 0.2) is 12.4 Å². The molecule has 0 unspecified atom stereocenters. The minimum Gasteiger partial charge on any atom is -0.483 e. The number of amides is 1. The van der Waals surface area contributed by atoms with E-state index < -0.39 is 0 Å². The van der Waals surface area contributed by atoms with Crippen molar-refractivity contribution in [3.8, 4) is 17.0 Å². The van der Waals surface area contributed by atoms with Crippen molar-refractivity contribution in [2.45, 2.75) is 33.1 Å². The Labute approximate surface area is 183 Å². The summed E-state index contributed by atoms with van der Waals surface area (Å²) in [6.45, 7) is 6.04. The van der Waals surface area contributed by atoms with E-state index in [0.717, 1.165) is 47.0 Å². The number of carbonyl (C=O) groups excluding carboxylic acids is 1. The first-order valence-electron chi connectivity index (χ1n) is 10.8. The van der Waals surface area contributed by atoms with Gasteiger partial charge in [-0.2, -0.15) is 0 Å². The van der Waals surface area contributed by atoms with Crippen molar-refractivity contribution in [1.29, 1.82) is 0 Å². The Morgan fingerprint density at radius 2 is 1.84 bits per heavy atom. The van der Waals surface area contributed by atoms with Gasteiger partial charge in [-0.3, -0.25) is 4.79 Å². The molecule has 0 atom stereocenters. The van der Waals surface area contributed by atoms with Crippen molar-refractivity contribution in [3.05, 3.63) is 65.7 Å². The molecule has 1 saturated heterocycles. The summed E-state index contributed by atoms with van der Waals surface area (Å²) in [7, 11) is 0. The highest BCUT2D eigenvalue weighted by Gasteiger charge is 2.13. The van der Waals surface area contributed by atoms with Gasteiger partial charge in [-0.1, -0.05) is 29.8 Å². The molecule has 1 amide bonds. The van der Waals surface area contributed by atoms with Gasteiger partial charge < -0.3 is 15.0 Å². The highest BCUT2D eigenvalue weighted by Crippen LogP contribution is 2.23. The topological polar surface area (TPSA) is 67.3 Å². The number of hydrogen-bond acceptors (Lipinski definition) is 5. The highest BCUT2D eigenvalue weighted by molar-refractivity contribution is 5.92. The number of anilines is 2. The third kappa shape index (κ3) is 5.40. The highest BCUT2D eigenvalue weighted by atomic mass is 16.5. The second-order valence-electron chi connectivity index (χ2n) is 8.01. The standard InChI is InChI=1S/C25H28N4O2/c1-18-9-11-23(19(2)15-18)31-17-25(30)26-21-8-6-7-20(16-21)22-10-12-24(28-27-22)29-13-4-3-5-14-29/h6-12,15-16H,3-5,13-14,17H2,1-2H3,(H,26,30). The van der Waals surface area contributed by atoms with Gasteiger partial charge in [0.05, 0.1) is 5.69 Å². The summed E-state index contributed by atoms with van der Waals surface area (Å²) in [5.74, 6) is 1.44. The zero-order valence-electron chi connectivity index (χ0n) is 18.1. The smallest absolute Gasteiger partial charge is 0.262 e. The molecule has 0 spiro atoms. The van der Waals surface area contributed by atoms with Crippen LogP contribution in [0.2, 0.25) is 0 Å². The Hall–Kier alpha value is -3.41. The Morgan fingerprint density at radius 3 is 2.58 bits per heavy atom. The largest absolute Gasteiger partial charge is 0.483 e. The third-order valence-electron chi connectivity index (χ3n) is 5.46. The minimum atomic E-state index is -0.205. The predicted octanol–water partition coefficient (Wildman–Crippen LogP) is 4.77. The first-order valence-corrected chi connectivity index (χ1v) is 10.8. The fourth-order valence-corrected chi connectivity index (χ4v) is 3.83. The molecule has 0 radical (unpaired) electrons. The molecule has 1 aliphatic rings. The lowest BCUT2D eigenvalue weighted by Gasteiger charge is -2.27. The lowest BCUT2D eigenvalue weighted by Crippen LogP contribution is -2.30. The maximum atomic E-state index is 12.4. The number of piperidine rings is 1. The summed E-state index contributed by atoms with van der Waals surface area (Å²) in [6, 6.07) is 17.5. The molecular weight excluding hydrogens is 388 g/mol. The van der Waals surface area contributed by atoms with Crippen molar-refractivity contribution in [1.82, 2.24) is 10.2 Å². The zero-order valence-corrected chi connectivity index (χ0v) is 18.1. The van der Waals surface area contributed by atoms with E-state index in [1.54, 1.807) is 0 Å². The van der Waals surface area contributed by atoms with Crippen LogP contribution in [0, 0.1) is 13.8 Å². The molecular formula is C25H28N4O2. The van der Waals surface area contributed by atoms with Crippen LogP contribution in [0.1, 0.15) is 30.4 Å². The van der Waals surface area contributed by atoms with E-state index >= 15 is 0 Å². The SMILES string of the molecule is Cc1ccc(OCC(=O)Nc2cccc(-c3ccc(N4CCCCC4)nn3)c2)c(C)c1. The number of benzene rings is 2. The van der Waals surface area contributed by atoms with Gasteiger partial charge in [-0.15, -0.1) is 10.2 Å². The molecule has 1 aliphatic heterocycles. The number of carbonyl (C=O) groups is 1. The molecule has 0 bridgehead atoms. The van der Waals surface area contributed by atoms with Crippen LogP contribution in [0.15, 0.2) is 54.6 Å². The molecule has 6 heteroatoms. The molecule has 0 saturated carbocycles. The van der Waals surface area contributed by atoms with Crippen molar-refractivity contribution < 1.29 is 9.53 Å². The van der Waals surface area contributed by atoms with Crippen LogP contribution >= 0.6 is 0 Å². The maximum absolute atomic E-state index is 12.4. The van der Waals surface area contributed by atoms with Crippen molar-refractivity contribution >= 4 is 17.4 Å². The van der Waals surface area contributed by atoms with Crippen molar-refractivity contribution in [2.75, 3.05) is 29.9 Å². The van der Waals surface area contributed by atoms with Gasteiger partial charge in [0.1, 0.15) is 5.75 Å². The molecule has 1 N–H and O–H groups in total. The molecule has 2 aromatic carbocycles. The molecule has 1 fully saturated rings. The van der Waals surface area contributed by atoms with E-state index in [1.807, 2.05) is 68.4 Å². The van der Waals surface area contributed by atoms with Crippen molar-refractivity contribution in [3.63, 3.8) is 0 Å². The number of hydrogen-bond donors (Lipinski definition) is 1. The first-order chi connectivity index (χ1) is 15.1. The Kier molecular flexibility index (Phi) is 6.46. The summed E-state index contributed by atoms with van der Waals surface area (Å²) in [4.78, 5) is 14.6. The average molecular weight is 417 g/mol. The van der Waals surface area contributed by atoms with Gasteiger partial charge in [0.2, 0.25) is 0 Å². The van der Waals surface area contributed by atoms with Gasteiger partial charge in [0, 0.05) is 24.3 Å². The molecule has 2 heterocycles. The third-order valence-corrected chi connectivity index (χ3v) is 5.46. The molecule has 3 aromatic rings. The number of nitrogens with zero attached hydrogens (tertiary/aromatic N) is 3. The summed E-state index contributed by atoms with van der Waals surface area (Å²) in [6.07, 6.45) is 3.70. The van der Waals surface area contributed by atoms with Crippen LogP contribution in [0.3, 0.4) is 0 Å². The molecule has 160 valence electrons. The number of ether oxygens (including phenoxy) is 1. The number of nitrogens with one attached hydrogen (secondary N) is 1. The Balaban J connectivity index is 1.38. The predicted molar refractivity (Wildman–Crippen MR) is 124 cm³/mol. The Morgan fingerprint density at radius 1 is 1.00 bits per heavy atom. The lowest BCUT2D eigenvalue weighted by atomic mass is 10.1. The fourth-order valence-electron chi connectivity index (χ4n) is 3.83. The van der Waals surface area contributed by atoms with E-state index in [4.69, 9.17) is 4.74 Å². The minimum absolute atomic E-state index is 0.0432. The normalized spacial score (nSPS) is 13.7. The van der Waals surface area contributed by atoms with Gasteiger partial charge in [0.25, 0.3) is 5.91 Å². The fraction of sp³-hybridized carbons (Fsp3) is 0.320. The van der Waals surface area contributed by atoms with Crippen LogP contribution < -0.4 is 15.0 Å².